The number of sulfonamides is 1. The zero-order valence-electron chi connectivity index (χ0n) is 21.2. The monoisotopic (exact) mass is 519 g/mol. The smallest absolute Gasteiger partial charge is 0.264 e. The third-order valence-corrected chi connectivity index (χ3v) is 7.78. The molecule has 0 radical (unpaired) electrons. The summed E-state index contributed by atoms with van der Waals surface area (Å²) in [7, 11) is -3.78. The van der Waals surface area contributed by atoms with Crippen molar-refractivity contribution in [1.82, 2.24) is 0 Å². The SMILES string of the molecule is CS(=O)(=O)N(C(=O)C=Cc1ccc(C2=C(c3ccccc3)CCCc3ccccc32)cc1)c1ccccc1. The van der Waals surface area contributed by atoms with Crippen molar-refractivity contribution < 1.29 is 13.2 Å². The first kappa shape index (κ1) is 25.4. The Kier molecular flexibility index (Phi) is 7.38. The Balaban J connectivity index is 1.49. The van der Waals surface area contributed by atoms with Crippen LogP contribution in [0.15, 0.2) is 115 Å². The van der Waals surface area contributed by atoms with Gasteiger partial charge in [-0.1, -0.05) is 97.1 Å². The topological polar surface area (TPSA) is 54.5 Å². The van der Waals surface area contributed by atoms with Gasteiger partial charge in [0.15, 0.2) is 0 Å². The summed E-state index contributed by atoms with van der Waals surface area (Å²) in [5, 5.41) is 0. The summed E-state index contributed by atoms with van der Waals surface area (Å²) in [6.45, 7) is 0. The number of allylic oxidation sites excluding steroid dienone is 1. The Labute approximate surface area is 224 Å². The van der Waals surface area contributed by atoms with E-state index in [-0.39, 0.29) is 0 Å². The summed E-state index contributed by atoms with van der Waals surface area (Å²) in [4.78, 5) is 12.9. The van der Waals surface area contributed by atoms with Gasteiger partial charge in [0.2, 0.25) is 10.0 Å². The van der Waals surface area contributed by atoms with Gasteiger partial charge >= 0.3 is 0 Å². The van der Waals surface area contributed by atoms with E-state index in [2.05, 4.69) is 60.7 Å². The molecule has 1 amide bonds. The average molecular weight is 520 g/mol. The lowest BCUT2D eigenvalue weighted by Gasteiger charge is -2.18. The zero-order chi connectivity index (χ0) is 26.5. The molecule has 0 spiro atoms. The highest BCUT2D eigenvalue weighted by atomic mass is 32.2. The molecule has 5 heteroatoms. The van der Waals surface area contributed by atoms with E-state index >= 15 is 0 Å². The molecule has 1 aliphatic carbocycles. The van der Waals surface area contributed by atoms with Gasteiger partial charge in [-0.05, 0) is 76.4 Å². The molecule has 4 nitrogen and oxygen atoms in total. The van der Waals surface area contributed by atoms with Crippen LogP contribution in [0.3, 0.4) is 0 Å². The number of aryl methyl sites for hydroxylation is 1. The van der Waals surface area contributed by atoms with Gasteiger partial charge in [-0.15, -0.1) is 0 Å². The summed E-state index contributed by atoms with van der Waals surface area (Å²) >= 11 is 0. The first-order valence-corrected chi connectivity index (χ1v) is 14.5. The lowest BCUT2D eigenvalue weighted by molar-refractivity contribution is -0.113. The predicted molar refractivity (Wildman–Crippen MR) is 156 cm³/mol. The number of rotatable bonds is 6. The highest BCUT2D eigenvalue weighted by Crippen LogP contribution is 2.39. The number of para-hydroxylation sites is 1. The molecule has 0 N–H and O–H groups in total. The molecule has 190 valence electrons. The van der Waals surface area contributed by atoms with Crippen LogP contribution >= 0.6 is 0 Å². The molecular formula is C33H29NO3S. The molecule has 5 rings (SSSR count). The molecule has 4 aromatic rings. The van der Waals surface area contributed by atoms with E-state index in [0.29, 0.717) is 5.69 Å². The van der Waals surface area contributed by atoms with Crippen molar-refractivity contribution in [1.29, 1.82) is 0 Å². The van der Waals surface area contributed by atoms with Crippen molar-refractivity contribution in [2.75, 3.05) is 10.6 Å². The Morgan fingerprint density at radius 1 is 0.737 bits per heavy atom. The van der Waals surface area contributed by atoms with Gasteiger partial charge in [-0.2, -0.15) is 0 Å². The lowest BCUT2D eigenvalue weighted by Crippen LogP contribution is -2.34. The molecule has 0 aliphatic heterocycles. The van der Waals surface area contributed by atoms with Gasteiger partial charge < -0.3 is 0 Å². The van der Waals surface area contributed by atoms with Crippen LogP contribution < -0.4 is 4.31 Å². The van der Waals surface area contributed by atoms with E-state index in [1.807, 2.05) is 18.2 Å². The number of nitrogens with zero attached hydrogens (tertiary/aromatic N) is 1. The number of carbonyl (C=O) groups excluding carboxylic acids is 1. The zero-order valence-corrected chi connectivity index (χ0v) is 22.1. The second kappa shape index (κ2) is 11.0. The minimum atomic E-state index is -3.78. The van der Waals surface area contributed by atoms with Crippen molar-refractivity contribution in [2.45, 2.75) is 19.3 Å². The fourth-order valence-electron chi connectivity index (χ4n) is 5.02. The van der Waals surface area contributed by atoms with Crippen LogP contribution in [0.2, 0.25) is 0 Å². The number of carbonyl (C=O) groups is 1. The Bertz CT molecular complexity index is 1600. The molecule has 1 aliphatic rings. The summed E-state index contributed by atoms with van der Waals surface area (Å²) in [5.41, 5.74) is 8.65. The average Bonchev–Trinajstić information content (AvgIpc) is 3.12. The Morgan fingerprint density at radius 3 is 2.05 bits per heavy atom. The first-order chi connectivity index (χ1) is 18.4. The fraction of sp³-hybridized carbons (Fsp3) is 0.121. The number of hydrogen-bond acceptors (Lipinski definition) is 3. The van der Waals surface area contributed by atoms with Gasteiger partial charge in [-0.25, -0.2) is 12.7 Å². The molecule has 38 heavy (non-hydrogen) atoms. The third kappa shape index (κ3) is 5.53. The van der Waals surface area contributed by atoms with Crippen LogP contribution in [0.4, 0.5) is 5.69 Å². The largest absolute Gasteiger partial charge is 0.268 e. The molecule has 0 atom stereocenters. The Morgan fingerprint density at radius 2 is 1.37 bits per heavy atom. The maximum absolute atomic E-state index is 12.9. The molecule has 0 unspecified atom stereocenters. The number of amides is 1. The molecule has 0 saturated heterocycles. The lowest BCUT2D eigenvalue weighted by atomic mass is 9.87. The molecule has 0 fully saturated rings. The number of anilines is 1. The summed E-state index contributed by atoms with van der Waals surface area (Å²) in [6.07, 6.45) is 7.11. The minimum Gasteiger partial charge on any atom is -0.268 e. The minimum absolute atomic E-state index is 0.312. The van der Waals surface area contributed by atoms with Crippen LogP contribution in [0.1, 0.15) is 40.7 Å². The van der Waals surface area contributed by atoms with Gasteiger partial charge in [-0.3, -0.25) is 4.79 Å². The van der Waals surface area contributed by atoms with Gasteiger partial charge in [0.1, 0.15) is 0 Å². The van der Waals surface area contributed by atoms with E-state index in [9.17, 15) is 13.2 Å². The van der Waals surface area contributed by atoms with Gasteiger partial charge in [0, 0.05) is 6.08 Å². The van der Waals surface area contributed by atoms with E-state index in [0.717, 1.165) is 41.0 Å². The molecule has 0 heterocycles. The van der Waals surface area contributed by atoms with E-state index in [1.165, 1.54) is 33.9 Å². The predicted octanol–water partition coefficient (Wildman–Crippen LogP) is 6.99. The standard InChI is InChI=1S/C33H29NO3S/c1-38(36,37)34(29-15-6-3-7-16-29)32(35)24-21-25-19-22-28(23-20-25)33-30-17-9-8-13-27(30)14-10-18-31(33)26-11-4-2-5-12-26/h2-9,11-13,15-17,19-24H,10,14,18H2,1H3. The second-order valence-electron chi connectivity index (χ2n) is 9.39. The van der Waals surface area contributed by atoms with E-state index in [4.69, 9.17) is 0 Å². The van der Waals surface area contributed by atoms with Gasteiger partial charge in [0.05, 0.1) is 11.9 Å². The second-order valence-corrected chi connectivity index (χ2v) is 11.2. The van der Waals surface area contributed by atoms with Crippen molar-refractivity contribution >= 4 is 38.8 Å². The molecule has 4 aromatic carbocycles. The number of fused-ring (bicyclic) bond motifs is 1. The highest BCUT2D eigenvalue weighted by Gasteiger charge is 2.23. The van der Waals surface area contributed by atoms with Crippen LogP contribution in [0, 0.1) is 0 Å². The van der Waals surface area contributed by atoms with Crippen molar-refractivity contribution in [2.24, 2.45) is 0 Å². The van der Waals surface area contributed by atoms with E-state index in [1.54, 1.807) is 36.4 Å². The summed E-state index contributed by atoms with van der Waals surface area (Å²) in [6, 6.07) is 35.6. The molecular weight excluding hydrogens is 490 g/mol. The quantitative estimate of drug-likeness (QED) is 0.258. The van der Waals surface area contributed by atoms with Crippen LogP contribution in [0.5, 0.6) is 0 Å². The normalized spacial score (nSPS) is 13.7. The maximum Gasteiger partial charge on any atom is 0.264 e. The number of benzene rings is 4. The first-order valence-electron chi connectivity index (χ1n) is 12.7. The van der Waals surface area contributed by atoms with Crippen molar-refractivity contribution in [3.63, 3.8) is 0 Å². The van der Waals surface area contributed by atoms with Crippen molar-refractivity contribution in [3.8, 4) is 0 Å². The van der Waals surface area contributed by atoms with Crippen molar-refractivity contribution in [3.05, 3.63) is 143 Å². The van der Waals surface area contributed by atoms with Crippen LogP contribution in [-0.4, -0.2) is 20.6 Å². The molecule has 0 bridgehead atoms. The fourth-order valence-corrected chi connectivity index (χ4v) is 5.92. The third-order valence-electron chi connectivity index (χ3n) is 6.72. The highest BCUT2D eigenvalue weighted by molar-refractivity contribution is 7.92. The van der Waals surface area contributed by atoms with Crippen LogP contribution in [0.25, 0.3) is 17.2 Å². The number of hydrogen-bond donors (Lipinski definition) is 0. The van der Waals surface area contributed by atoms with E-state index < -0.39 is 15.9 Å². The van der Waals surface area contributed by atoms with Gasteiger partial charge in [0.25, 0.3) is 5.91 Å². The molecule has 0 saturated carbocycles. The Hall–Kier alpha value is -4.22. The molecule has 0 aromatic heterocycles. The summed E-state index contributed by atoms with van der Waals surface area (Å²) < 4.78 is 25.5. The van der Waals surface area contributed by atoms with Crippen LogP contribution in [-0.2, 0) is 21.2 Å². The maximum atomic E-state index is 12.9. The summed E-state index contributed by atoms with van der Waals surface area (Å²) in [5.74, 6) is -0.616.